The summed E-state index contributed by atoms with van der Waals surface area (Å²) in [5.41, 5.74) is 3.82. The number of nitrogens with zero attached hydrogens (tertiary/aromatic N) is 6. The van der Waals surface area contributed by atoms with Crippen molar-refractivity contribution >= 4 is 10.9 Å². The molecular formula is C23H20N6O3. The van der Waals surface area contributed by atoms with Gasteiger partial charge in [-0.25, -0.2) is 9.67 Å². The summed E-state index contributed by atoms with van der Waals surface area (Å²) in [6.45, 7) is 0.737. The lowest BCUT2D eigenvalue weighted by Crippen LogP contribution is -2.19. The maximum atomic E-state index is 9.06. The molecule has 1 aromatic carbocycles. The van der Waals surface area contributed by atoms with Crippen LogP contribution in [0.3, 0.4) is 0 Å². The molecule has 1 aliphatic carbocycles. The number of nitriles is 1. The molecule has 0 amide bonds. The molecule has 6 rings (SSSR count). The van der Waals surface area contributed by atoms with Gasteiger partial charge in [-0.05, 0) is 61.9 Å². The number of hydrogen-bond acceptors (Lipinski definition) is 8. The Hall–Kier alpha value is -3.77. The zero-order valence-electron chi connectivity index (χ0n) is 17.3. The maximum absolute atomic E-state index is 9.06. The second-order valence-corrected chi connectivity index (χ2v) is 8.06. The highest BCUT2D eigenvalue weighted by molar-refractivity contribution is 5.93. The van der Waals surface area contributed by atoms with Crippen LogP contribution in [0.4, 0.5) is 0 Å². The van der Waals surface area contributed by atoms with Gasteiger partial charge in [0, 0.05) is 12.0 Å². The first-order valence-corrected chi connectivity index (χ1v) is 10.8. The van der Waals surface area contributed by atoms with Crippen LogP contribution in [0.1, 0.15) is 55.0 Å². The third-order valence-corrected chi connectivity index (χ3v) is 6.05. The number of hydrogen-bond donors (Lipinski definition) is 0. The predicted octanol–water partition coefficient (Wildman–Crippen LogP) is 4.12. The SMILES string of the molecule is N#Cc1cc2c(nn1)C(Oc1ccc3c(c1)c(-c1cnco1)nn3C1CCCCO1)CC2. The summed E-state index contributed by atoms with van der Waals surface area (Å²) in [5.74, 6) is 1.31. The Labute approximate surface area is 183 Å². The van der Waals surface area contributed by atoms with E-state index in [1.807, 2.05) is 29.0 Å². The molecule has 3 aromatic heterocycles. The first kappa shape index (κ1) is 19.0. The highest BCUT2D eigenvalue weighted by Gasteiger charge is 2.28. The van der Waals surface area contributed by atoms with Gasteiger partial charge in [0.1, 0.15) is 29.3 Å². The zero-order valence-corrected chi connectivity index (χ0v) is 17.3. The summed E-state index contributed by atoms with van der Waals surface area (Å²) in [6.07, 6.45) is 7.48. The zero-order chi connectivity index (χ0) is 21.5. The van der Waals surface area contributed by atoms with Gasteiger partial charge in [0.15, 0.2) is 24.1 Å². The van der Waals surface area contributed by atoms with E-state index in [9.17, 15) is 0 Å². The van der Waals surface area contributed by atoms with Crippen LogP contribution in [-0.2, 0) is 11.2 Å². The molecule has 2 unspecified atom stereocenters. The summed E-state index contributed by atoms with van der Waals surface area (Å²) >= 11 is 0. The molecule has 0 radical (unpaired) electrons. The number of benzene rings is 1. The van der Waals surface area contributed by atoms with E-state index in [0.717, 1.165) is 60.9 Å². The minimum absolute atomic E-state index is 0.0963. The Kier molecular flexibility index (Phi) is 4.58. The molecule has 0 N–H and O–H groups in total. The Morgan fingerprint density at radius 3 is 2.94 bits per heavy atom. The number of rotatable bonds is 4. The molecule has 2 atom stereocenters. The van der Waals surface area contributed by atoms with Crippen LogP contribution >= 0.6 is 0 Å². The van der Waals surface area contributed by atoms with Crippen molar-refractivity contribution in [1.82, 2.24) is 25.0 Å². The molecule has 2 aliphatic rings. The van der Waals surface area contributed by atoms with Crippen molar-refractivity contribution in [2.75, 3.05) is 6.61 Å². The average molecular weight is 428 g/mol. The quantitative estimate of drug-likeness (QED) is 0.477. The van der Waals surface area contributed by atoms with Gasteiger partial charge in [0.25, 0.3) is 0 Å². The van der Waals surface area contributed by atoms with E-state index in [0.29, 0.717) is 22.9 Å². The van der Waals surface area contributed by atoms with Crippen LogP contribution < -0.4 is 4.74 Å². The second-order valence-electron chi connectivity index (χ2n) is 8.06. The number of aryl methyl sites for hydroxylation is 1. The molecule has 4 aromatic rings. The first-order valence-electron chi connectivity index (χ1n) is 10.8. The van der Waals surface area contributed by atoms with E-state index in [1.54, 1.807) is 12.3 Å². The largest absolute Gasteiger partial charge is 0.484 e. The van der Waals surface area contributed by atoms with Gasteiger partial charge in [-0.2, -0.15) is 15.5 Å². The molecule has 0 saturated carbocycles. The smallest absolute Gasteiger partial charge is 0.181 e. The van der Waals surface area contributed by atoms with E-state index in [4.69, 9.17) is 24.3 Å². The Morgan fingerprint density at radius 1 is 1.16 bits per heavy atom. The van der Waals surface area contributed by atoms with Gasteiger partial charge in [0.2, 0.25) is 0 Å². The van der Waals surface area contributed by atoms with Crippen LogP contribution in [0.15, 0.2) is 41.3 Å². The van der Waals surface area contributed by atoms with E-state index in [2.05, 4.69) is 15.2 Å². The maximum Gasteiger partial charge on any atom is 0.181 e. The van der Waals surface area contributed by atoms with Crippen molar-refractivity contribution in [1.29, 1.82) is 5.26 Å². The third-order valence-electron chi connectivity index (χ3n) is 6.05. The van der Waals surface area contributed by atoms with Gasteiger partial charge in [-0.3, -0.25) is 0 Å². The predicted molar refractivity (Wildman–Crippen MR) is 113 cm³/mol. The molecule has 9 nitrogen and oxygen atoms in total. The third kappa shape index (κ3) is 3.20. The molecule has 0 bridgehead atoms. The van der Waals surface area contributed by atoms with E-state index >= 15 is 0 Å². The fraction of sp³-hybridized carbons (Fsp3) is 0.348. The summed E-state index contributed by atoms with van der Waals surface area (Å²) in [6, 6.07) is 9.78. The van der Waals surface area contributed by atoms with E-state index in [1.165, 1.54) is 6.39 Å². The molecule has 1 fully saturated rings. The molecular weight excluding hydrogens is 408 g/mol. The van der Waals surface area contributed by atoms with E-state index in [-0.39, 0.29) is 12.3 Å². The molecule has 1 aliphatic heterocycles. The van der Waals surface area contributed by atoms with Gasteiger partial charge in [0.05, 0.1) is 11.7 Å². The monoisotopic (exact) mass is 428 g/mol. The molecule has 0 spiro atoms. The van der Waals surface area contributed by atoms with Crippen molar-refractivity contribution in [2.45, 2.75) is 44.4 Å². The summed E-state index contributed by atoms with van der Waals surface area (Å²) in [5, 5.41) is 23.0. The number of fused-ring (bicyclic) bond motifs is 2. The van der Waals surface area contributed by atoms with Gasteiger partial charge in [-0.15, -0.1) is 5.10 Å². The molecule has 32 heavy (non-hydrogen) atoms. The minimum Gasteiger partial charge on any atom is -0.484 e. The lowest BCUT2D eigenvalue weighted by atomic mass is 10.1. The lowest BCUT2D eigenvalue weighted by Gasteiger charge is -2.23. The Morgan fingerprint density at radius 2 is 2.12 bits per heavy atom. The molecule has 160 valence electrons. The summed E-state index contributed by atoms with van der Waals surface area (Å²) in [4.78, 5) is 4.06. The van der Waals surface area contributed by atoms with Gasteiger partial charge in [-0.1, -0.05) is 0 Å². The molecule has 4 heterocycles. The van der Waals surface area contributed by atoms with Gasteiger partial charge >= 0.3 is 0 Å². The van der Waals surface area contributed by atoms with Crippen molar-refractivity contribution in [2.24, 2.45) is 0 Å². The van der Waals surface area contributed by atoms with Crippen LogP contribution in [0.25, 0.3) is 22.4 Å². The van der Waals surface area contributed by atoms with Crippen molar-refractivity contribution in [3.8, 4) is 23.3 Å². The second kappa shape index (κ2) is 7.73. The number of aromatic nitrogens is 5. The lowest BCUT2D eigenvalue weighted by molar-refractivity contribution is -0.0365. The number of oxazole rings is 1. The topological polar surface area (TPSA) is 112 Å². The highest BCUT2D eigenvalue weighted by Crippen LogP contribution is 2.38. The van der Waals surface area contributed by atoms with Crippen LogP contribution in [0.2, 0.25) is 0 Å². The first-order chi connectivity index (χ1) is 15.8. The highest BCUT2D eigenvalue weighted by atomic mass is 16.5. The summed E-state index contributed by atoms with van der Waals surface area (Å²) in [7, 11) is 0. The van der Waals surface area contributed by atoms with Crippen molar-refractivity contribution in [3.05, 3.63) is 53.8 Å². The normalized spacial score (nSPS) is 20.2. The van der Waals surface area contributed by atoms with Crippen LogP contribution in [0.5, 0.6) is 5.75 Å². The summed E-state index contributed by atoms with van der Waals surface area (Å²) < 4.78 is 19.8. The fourth-order valence-corrected chi connectivity index (χ4v) is 4.51. The van der Waals surface area contributed by atoms with Crippen molar-refractivity contribution < 1.29 is 13.9 Å². The minimum atomic E-state index is -0.201. The van der Waals surface area contributed by atoms with E-state index < -0.39 is 0 Å². The Balaban J connectivity index is 1.37. The standard InChI is InChI=1S/C23H20N6O3/c24-11-15-9-14-4-7-19(22(14)27-26-15)32-16-5-6-18-17(10-16)23(20-12-25-13-31-20)28-29(18)21-3-1-2-8-30-21/h5-6,9-10,12-13,19,21H,1-4,7-8H2. The number of ether oxygens (including phenoxy) is 2. The average Bonchev–Trinajstić information content (AvgIpc) is 3.58. The molecule has 9 heteroatoms. The van der Waals surface area contributed by atoms with Gasteiger partial charge < -0.3 is 13.9 Å². The Bertz CT molecular complexity index is 1320. The molecule has 1 saturated heterocycles. The van der Waals surface area contributed by atoms with Crippen LogP contribution in [0, 0.1) is 11.3 Å². The fourth-order valence-electron chi connectivity index (χ4n) is 4.51. The van der Waals surface area contributed by atoms with Crippen molar-refractivity contribution in [3.63, 3.8) is 0 Å². The van der Waals surface area contributed by atoms with Crippen LogP contribution in [-0.4, -0.2) is 31.6 Å².